The molecule has 5 heteroatoms. The summed E-state index contributed by atoms with van der Waals surface area (Å²) in [6.07, 6.45) is 0.813. The maximum absolute atomic E-state index is 12.7. The number of carbonyl (C=O) groups is 1. The van der Waals surface area contributed by atoms with Crippen LogP contribution in [-0.4, -0.2) is 22.2 Å². The summed E-state index contributed by atoms with van der Waals surface area (Å²) in [5.74, 6) is -0.0695. The van der Waals surface area contributed by atoms with Gasteiger partial charge in [-0.15, -0.1) is 0 Å². The fourth-order valence-corrected chi connectivity index (χ4v) is 3.70. The van der Waals surface area contributed by atoms with Gasteiger partial charge in [0.2, 0.25) is 0 Å². The average Bonchev–Trinajstić information content (AvgIpc) is 2.90. The zero-order valence-corrected chi connectivity index (χ0v) is 15.2. The van der Waals surface area contributed by atoms with Crippen molar-refractivity contribution in [3.8, 4) is 0 Å². The van der Waals surface area contributed by atoms with Crippen molar-refractivity contribution in [2.24, 2.45) is 7.05 Å². The highest BCUT2D eigenvalue weighted by molar-refractivity contribution is 7.99. The Kier molecular flexibility index (Phi) is 5.56. The molecule has 1 N–H and O–H groups in total. The molecule has 0 atom stereocenters. The Morgan fingerprint density at radius 3 is 2.40 bits per heavy atom. The molecule has 0 aliphatic heterocycles. The molecule has 0 unspecified atom stereocenters. The van der Waals surface area contributed by atoms with Crippen molar-refractivity contribution >= 4 is 17.7 Å². The van der Waals surface area contributed by atoms with E-state index in [1.54, 1.807) is 16.4 Å². The third kappa shape index (κ3) is 4.31. The number of aryl methyl sites for hydroxylation is 2. The summed E-state index contributed by atoms with van der Waals surface area (Å²) in [4.78, 5) is 13.8. The van der Waals surface area contributed by atoms with Gasteiger partial charge in [-0.05, 0) is 31.0 Å². The van der Waals surface area contributed by atoms with E-state index in [-0.39, 0.29) is 5.91 Å². The summed E-state index contributed by atoms with van der Waals surface area (Å²) in [7, 11) is 1.87. The van der Waals surface area contributed by atoms with Gasteiger partial charge in [0.1, 0.15) is 5.03 Å². The van der Waals surface area contributed by atoms with Crippen molar-refractivity contribution in [1.29, 1.82) is 0 Å². The van der Waals surface area contributed by atoms with Gasteiger partial charge < -0.3 is 5.32 Å². The van der Waals surface area contributed by atoms with Crippen molar-refractivity contribution < 1.29 is 4.79 Å². The zero-order chi connectivity index (χ0) is 17.6. The summed E-state index contributed by atoms with van der Waals surface area (Å²) < 4.78 is 1.78. The molecule has 3 aromatic rings. The highest BCUT2D eigenvalue weighted by Crippen LogP contribution is 2.31. The van der Waals surface area contributed by atoms with Crippen molar-refractivity contribution in [2.45, 2.75) is 23.3 Å². The fourth-order valence-electron chi connectivity index (χ4n) is 2.67. The van der Waals surface area contributed by atoms with Gasteiger partial charge >= 0.3 is 0 Å². The lowest BCUT2D eigenvalue weighted by Gasteiger charge is -2.08. The lowest BCUT2D eigenvalue weighted by atomic mass is 10.1. The van der Waals surface area contributed by atoms with E-state index in [2.05, 4.69) is 22.5 Å². The number of hydrogen-bond donors (Lipinski definition) is 1. The third-order valence-electron chi connectivity index (χ3n) is 3.90. The van der Waals surface area contributed by atoms with Crippen molar-refractivity contribution in [1.82, 2.24) is 15.1 Å². The molecule has 0 radical (unpaired) electrons. The van der Waals surface area contributed by atoms with E-state index >= 15 is 0 Å². The monoisotopic (exact) mass is 351 g/mol. The number of benzene rings is 2. The fraction of sp³-hybridized carbons (Fsp3) is 0.200. The smallest absolute Gasteiger partial charge is 0.255 e. The van der Waals surface area contributed by atoms with E-state index in [0.29, 0.717) is 12.1 Å². The molecule has 0 fully saturated rings. The standard InChI is InChI=1S/C20H21N3OS/c1-15-18(19(24)21-14-13-16-9-5-3-6-10-16)20(23(2)22-15)25-17-11-7-4-8-12-17/h3-12H,13-14H2,1-2H3,(H,21,24). The van der Waals surface area contributed by atoms with Crippen molar-refractivity contribution in [3.63, 3.8) is 0 Å². The van der Waals surface area contributed by atoms with Gasteiger partial charge in [0.05, 0.1) is 11.3 Å². The maximum atomic E-state index is 12.7. The topological polar surface area (TPSA) is 46.9 Å². The maximum Gasteiger partial charge on any atom is 0.255 e. The first-order valence-corrected chi connectivity index (χ1v) is 9.05. The van der Waals surface area contributed by atoms with Crippen LogP contribution in [0, 0.1) is 6.92 Å². The van der Waals surface area contributed by atoms with Gasteiger partial charge in [0.15, 0.2) is 0 Å². The molecule has 0 saturated carbocycles. The predicted octanol–water partition coefficient (Wildman–Crippen LogP) is 3.85. The molecule has 1 heterocycles. The van der Waals surface area contributed by atoms with Crippen molar-refractivity contribution in [2.75, 3.05) is 6.54 Å². The van der Waals surface area contributed by atoms with Crippen LogP contribution < -0.4 is 5.32 Å². The Labute approximate surface area is 152 Å². The molecule has 4 nitrogen and oxygen atoms in total. The molecular formula is C20H21N3OS. The molecule has 1 amide bonds. The largest absolute Gasteiger partial charge is 0.352 e. The van der Waals surface area contributed by atoms with Crippen LogP contribution in [0.2, 0.25) is 0 Å². The molecule has 25 heavy (non-hydrogen) atoms. The van der Waals surface area contributed by atoms with Gasteiger partial charge in [-0.1, -0.05) is 60.3 Å². The van der Waals surface area contributed by atoms with Gasteiger partial charge in [0.25, 0.3) is 5.91 Å². The van der Waals surface area contributed by atoms with Gasteiger partial charge in [0, 0.05) is 18.5 Å². The minimum absolute atomic E-state index is 0.0695. The molecule has 3 rings (SSSR count). The highest BCUT2D eigenvalue weighted by atomic mass is 32.2. The summed E-state index contributed by atoms with van der Waals surface area (Å²) in [6, 6.07) is 20.2. The van der Waals surface area contributed by atoms with Gasteiger partial charge in [-0.2, -0.15) is 5.10 Å². The Morgan fingerprint density at radius 2 is 1.72 bits per heavy atom. The zero-order valence-electron chi connectivity index (χ0n) is 14.4. The minimum atomic E-state index is -0.0695. The highest BCUT2D eigenvalue weighted by Gasteiger charge is 2.20. The van der Waals surface area contributed by atoms with Gasteiger partial charge in [-0.3, -0.25) is 9.48 Å². The third-order valence-corrected chi connectivity index (χ3v) is 5.07. The Balaban J connectivity index is 1.71. The first kappa shape index (κ1) is 17.3. The molecule has 0 bridgehead atoms. The number of carbonyl (C=O) groups excluding carboxylic acids is 1. The summed E-state index contributed by atoms with van der Waals surface area (Å²) in [5.41, 5.74) is 2.62. The van der Waals surface area contributed by atoms with Crippen molar-refractivity contribution in [3.05, 3.63) is 77.5 Å². The molecule has 0 spiro atoms. The van der Waals surface area contributed by atoms with E-state index in [1.165, 1.54) is 5.56 Å². The quantitative estimate of drug-likeness (QED) is 0.734. The van der Waals surface area contributed by atoms with Crippen LogP contribution in [0.3, 0.4) is 0 Å². The van der Waals surface area contributed by atoms with E-state index in [1.807, 2.05) is 62.5 Å². The Hall–Kier alpha value is -2.53. The van der Waals surface area contributed by atoms with Crippen LogP contribution in [0.4, 0.5) is 0 Å². The first-order chi connectivity index (χ1) is 12.1. The van der Waals surface area contributed by atoms with Crippen LogP contribution >= 0.6 is 11.8 Å². The second kappa shape index (κ2) is 8.03. The molecular weight excluding hydrogens is 330 g/mol. The van der Waals surface area contributed by atoms with E-state index in [4.69, 9.17) is 0 Å². The van der Waals surface area contributed by atoms with E-state index < -0.39 is 0 Å². The number of nitrogens with zero attached hydrogens (tertiary/aromatic N) is 2. The summed E-state index contributed by atoms with van der Waals surface area (Å²) in [6.45, 7) is 2.48. The number of amides is 1. The van der Waals surface area contributed by atoms with Crippen LogP contribution in [0.1, 0.15) is 21.6 Å². The lowest BCUT2D eigenvalue weighted by molar-refractivity contribution is 0.0950. The lowest BCUT2D eigenvalue weighted by Crippen LogP contribution is -2.26. The number of rotatable bonds is 6. The first-order valence-electron chi connectivity index (χ1n) is 8.24. The molecule has 128 valence electrons. The second-order valence-corrected chi connectivity index (χ2v) is 6.86. The predicted molar refractivity (Wildman–Crippen MR) is 101 cm³/mol. The SMILES string of the molecule is Cc1nn(C)c(Sc2ccccc2)c1C(=O)NCCc1ccccc1. The van der Waals surface area contributed by atoms with E-state index in [9.17, 15) is 4.79 Å². The summed E-state index contributed by atoms with van der Waals surface area (Å²) in [5, 5.41) is 8.31. The minimum Gasteiger partial charge on any atom is -0.352 e. The van der Waals surface area contributed by atoms with E-state index in [0.717, 1.165) is 22.0 Å². The number of hydrogen-bond acceptors (Lipinski definition) is 3. The Morgan fingerprint density at radius 1 is 1.08 bits per heavy atom. The number of nitrogens with one attached hydrogen (secondary N) is 1. The second-order valence-electron chi connectivity index (χ2n) is 5.80. The average molecular weight is 351 g/mol. The molecule has 1 aromatic heterocycles. The summed E-state index contributed by atoms with van der Waals surface area (Å²) >= 11 is 1.56. The molecule has 0 aliphatic carbocycles. The van der Waals surface area contributed by atoms with Crippen LogP contribution in [0.5, 0.6) is 0 Å². The number of aromatic nitrogens is 2. The van der Waals surface area contributed by atoms with Crippen LogP contribution in [0.15, 0.2) is 70.6 Å². The normalized spacial score (nSPS) is 10.6. The Bertz CT molecular complexity index is 844. The van der Waals surface area contributed by atoms with Gasteiger partial charge in [-0.25, -0.2) is 0 Å². The van der Waals surface area contributed by atoms with Crippen LogP contribution in [0.25, 0.3) is 0 Å². The molecule has 0 saturated heterocycles. The van der Waals surface area contributed by atoms with Crippen LogP contribution in [-0.2, 0) is 13.5 Å². The molecule has 0 aliphatic rings. The molecule has 2 aromatic carbocycles.